The van der Waals surface area contributed by atoms with Gasteiger partial charge in [-0.15, -0.1) is 0 Å². The molecule has 194 valence electrons. The van der Waals surface area contributed by atoms with E-state index in [9.17, 15) is 14.4 Å². The summed E-state index contributed by atoms with van der Waals surface area (Å²) >= 11 is 6.95. The summed E-state index contributed by atoms with van der Waals surface area (Å²) in [4.78, 5) is 44.5. The second-order valence-corrected chi connectivity index (χ2v) is 10.8. The average Bonchev–Trinajstić information content (AvgIpc) is 3.20. The molecule has 2 saturated heterocycles. The number of imide groups is 1. The second kappa shape index (κ2) is 12.0. The van der Waals surface area contributed by atoms with E-state index >= 15 is 0 Å². The molecule has 38 heavy (non-hydrogen) atoms. The van der Waals surface area contributed by atoms with Gasteiger partial charge in [0.1, 0.15) is 0 Å². The number of hydrogen-bond donors (Lipinski definition) is 0. The fourth-order valence-electron chi connectivity index (χ4n) is 4.66. The molecule has 3 aromatic carbocycles. The smallest absolute Gasteiger partial charge is 0.293 e. The molecule has 3 aromatic rings. The van der Waals surface area contributed by atoms with E-state index in [4.69, 9.17) is 11.6 Å². The van der Waals surface area contributed by atoms with Gasteiger partial charge in [-0.25, -0.2) is 0 Å². The number of hydrogen-bond acceptors (Lipinski definition) is 5. The van der Waals surface area contributed by atoms with Gasteiger partial charge in [0.15, 0.2) is 0 Å². The third-order valence-corrected chi connectivity index (χ3v) is 7.90. The molecular formula is C30H28ClN3O3S. The van der Waals surface area contributed by atoms with Gasteiger partial charge in [0.25, 0.3) is 17.1 Å². The lowest BCUT2D eigenvalue weighted by Crippen LogP contribution is -2.49. The predicted molar refractivity (Wildman–Crippen MR) is 152 cm³/mol. The van der Waals surface area contributed by atoms with Crippen LogP contribution in [0.15, 0.2) is 83.8 Å². The lowest BCUT2D eigenvalue weighted by atomic mass is 10.1. The summed E-state index contributed by atoms with van der Waals surface area (Å²) in [7, 11) is 0. The largest absolute Gasteiger partial charge is 0.336 e. The Morgan fingerprint density at radius 2 is 1.61 bits per heavy atom. The maximum absolute atomic E-state index is 13.2. The first-order valence-corrected chi connectivity index (χ1v) is 13.8. The molecule has 3 amide bonds. The Kier molecular flexibility index (Phi) is 8.27. The van der Waals surface area contributed by atoms with Crippen LogP contribution < -0.4 is 0 Å². The topological polar surface area (TPSA) is 60.9 Å². The minimum absolute atomic E-state index is 0.0166. The third kappa shape index (κ3) is 6.35. The van der Waals surface area contributed by atoms with E-state index in [-0.39, 0.29) is 23.6 Å². The van der Waals surface area contributed by atoms with E-state index in [1.165, 1.54) is 10.5 Å². The first-order valence-electron chi connectivity index (χ1n) is 12.6. The monoisotopic (exact) mass is 545 g/mol. The predicted octanol–water partition coefficient (Wildman–Crippen LogP) is 5.58. The van der Waals surface area contributed by atoms with Crippen LogP contribution in [0, 0.1) is 0 Å². The zero-order chi connectivity index (χ0) is 26.5. The zero-order valence-corrected chi connectivity index (χ0v) is 22.5. The Labute approximate surface area is 231 Å². The Bertz CT molecular complexity index is 1370. The highest BCUT2D eigenvalue weighted by atomic mass is 35.5. The number of carbonyl (C=O) groups excluding carboxylic acids is 3. The van der Waals surface area contributed by atoms with Crippen LogP contribution in [0.2, 0.25) is 5.02 Å². The first-order chi connectivity index (χ1) is 18.5. The maximum Gasteiger partial charge on any atom is 0.293 e. The minimum atomic E-state index is -0.344. The Balaban J connectivity index is 1.19. The van der Waals surface area contributed by atoms with Gasteiger partial charge in [0.05, 0.1) is 11.4 Å². The van der Waals surface area contributed by atoms with Crippen molar-refractivity contribution in [2.24, 2.45) is 0 Å². The van der Waals surface area contributed by atoms with Crippen LogP contribution >= 0.6 is 23.4 Å². The molecule has 0 atom stereocenters. The molecule has 0 unspecified atom stereocenters. The SMILES string of the molecule is O=C(c1cccc(/C=C2\SC(=O)N(Cc3cccc(Cl)c3)C2=O)c1)N1CCN(CCc2ccccc2)CC1. The van der Waals surface area contributed by atoms with Crippen molar-refractivity contribution >= 4 is 46.5 Å². The molecule has 2 aliphatic heterocycles. The van der Waals surface area contributed by atoms with Crippen LogP contribution in [-0.4, -0.2) is 64.5 Å². The normalized spacial score (nSPS) is 17.4. The molecule has 2 aliphatic rings. The van der Waals surface area contributed by atoms with Crippen molar-refractivity contribution < 1.29 is 14.4 Å². The molecule has 6 nitrogen and oxygen atoms in total. The van der Waals surface area contributed by atoms with E-state index in [0.717, 1.165) is 43.4 Å². The summed E-state index contributed by atoms with van der Waals surface area (Å²) in [6.45, 7) is 4.20. The van der Waals surface area contributed by atoms with Crippen molar-refractivity contribution in [3.05, 3.63) is 111 Å². The molecule has 0 aliphatic carbocycles. The van der Waals surface area contributed by atoms with Crippen LogP contribution in [0.5, 0.6) is 0 Å². The first kappa shape index (κ1) is 26.2. The van der Waals surface area contributed by atoms with E-state index < -0.39 is 0 Å². The molecule has 0 bridgehead atoms. The number of amides is 3. The molecule has 0 N–H and O–H groups in total. The Morgan fingerprint density at radius 3 is 2.37 bits per heavy atom. The van der Waals surface area contributed by atoms with Gasteiger partial charge < -0.3 is 4.90 Å². The molecule has 0 spiro atoms. The quantitative estimate of drug-likeness (QED) is 0.363. The van der Waals surface area contributed by atoms with E-state index in [1.807, 2.05) is 29.2 Å². The van der Waals surface area contributed by atoms with E-state index in [0.29, 0.717) is 34.1 Å². The van der Waals surface area contributed by atoms with Gasteiger partial charge in [0, 0.05) is 43.3 Å². The highest BCUT2D eigenvalue weighted by Gasteiger charge is 2.35. The van der Waals surface area contributed by atoms with Crippen LogP contribution in [-0.2, 0) is 17.8 Å². The number of thioether (sulfide) groups is 1. The highest BCUT2D eigenvalue weighted by molar-refractivity contribution is 8.18. The summed E-state index contributed by atoms with van der Waals surface area (Å²) < 4.78 is 0. The van der Waals surface area contributed by atoms with Crippen molar-refractivity contribution in [3.63, 3.8) is 0 Å². The fourth-order valence-corrected chi connectivity index (χ4v) is 5.71. The van der Waals surface area contributed by atoms with Gasteiger partial charge in [-0.1, -0.05) is 66.2 Å². The summed E-state index contributed by atoms with van der Waals surface area (Å²) in [5.41, 5.74) is 3.40. The summed E-state index contributed by atoms with van der Waals surface area (Å²) in [5.74, 6) is -0.361. The average molecular weight is 546 g/mol. The molecule has 8 heteroatoms. The third-order valence-electron chi connectivity index (χ3n) is 6.75. The minimum Gasteiger partial charge on any atom is -0.336 e. The summed E-state index contributed by atoms with van der Waals surface area (Å²) in [6.07, 6.45) is 2.68. The molecular weight excluding hydrogens is 518 g/mol. The standard InChI is InChI=1S/C30H28ClN3O3S/c31-26-11-5-9-24(19-26)21-34-29(36)27(38-30(34)37)20-23-8-4-10-25(18-23)28(35)33-16-14-32(15-17-33)13-12-22-6-2-1-3-7-22/h1-11,18-20H,12-17,21H2/b27-20-. The molecule has 2 fully saturated rings. The summed E-state index contributed by atoms with van der Waals surface area (Å²) in [5, 5.41) is 0.235. The molecule has 0 radical (unpaired) electrons. The van der Waals surface area contributed by atoms with Crippen molar-refractivity contribution in [1.82, 2.24) is 14.7 Å². The van der Waals surface area contributed by atoms with Crippen LogP contribution in [0.3, 0.4) is 0 Å². The van der Waals surface area contributed by atoms with Crippen molar-refractivity contribution in [3.8, 4) is 0 Å². The van der Waals surface area contributed by atoms with E-state index in [2.05, 4.69) is 29.2 Å². The van der Waals surface area contributed by atoms with E-state index in [1.54, 1.807) is 36.4 Å². The van der Waals surface area contributed by atoms with Crippen molar-refractivity contribution in [2.45, 2.75) is 13.0 Å². The summed E-state index contributed by atoms with van der Waals surface area (Å²) in [6, 6.07) is 24.8. The number of rotatable bonds is 7. The number of nitrogens with zero attached hydrogens (tertiary/aromatic N) is 3. The lowest BCUT2D eigenvalue weighted by Gasteiger charge is -2.34. The number of piperazine rings is 1. The van der Waals surface area contributed by atoms with Crippen LogP contribution in [0.4, 0.5) is 4.79 Å². The van der Waals surface area contributed by atoms with Crippen molar-refractivity contribution in [2.75, 3.05) is 32.7 Å². The zero-order valence-electron chi connectivity index (χ0n) is 20.9. The van der Waals surface area contributed by atoms with Gasteiger partial charge in [-0.05, 0) is 65.2 Å². The van der Waals surface area contributed by atoms with Gasteiger partial charge in [-0.2, -0.15) is 0 Å². The number of carbonyl (C=O) groups is 3. The molecule has 2 heterocycles. The van der Waals surface area contributed by atoms with Crippen molar-refractivity contribution in [1.29, 1.82) is 0 Å². The number of halogens is 1. The molecule has 0 aromatic heterocycles. The van der Waals surface area contributed by atoms with Crippen LogP contribution in [0.25, 0.3) is 6.08 Å². The van der Waals surface area contributed by atoms with Crippen LogP contribution in [0.1, 0.15) is 27.0 Å². The lowest BCUT2D eigenvalue weighted by molar-refractivity contribution is -0.123. The molecule has 5 rings (SSSR count). The number of benzene rings is 3. The highest BCUT2D eigenvalue weighted by Crippen LogP contribution is 2.33. The Hall–Kier alpha value is -3.39. The molecule has 0 saturated carbocycles. The van der Waals surface area contributed by atoms with Gasteiger partial charge >= 0.3 is 0 Å². The second-order valence-electron chi connectivity index (χ2n) is 9.39. The fraction of sp³-hybridized carbons (Fsp3) is 0.233. The maximum atomic E-state index is 13.2. The van der Waals surface area contributed by atoms with Gasteiger partial charge in [-0.3, -0.25) is 24.2 Å². The van der Waals surface area contributed by atoms with Gasteiger partial charge in [0.2, 0.25) is 0 Å². The Morgan fingerprint density at radius 1 is 0.868 bits per heavy atom.